The summed E-state index contributed by atoms with van der Waals surface area (Å²) in [5, 5.41) is 1.04. The summed E-state index contributed by atoms with van der Waals surface area (Å²) in [4.78, 5) is 8.92. The predicted octanol–water partition coefficient (Wildman–Crippen LogP) is 3.88. The lowest BCUT2D eigenvalue weighted by atomic mass is 10.1. The molecule has 23 heavy (non-hydrogen) atoms. The molecule has 0 saturated carbocycles. The Kier molecular flexibility index (Phi) is 3.90. The highest BCUT2D eigenvalue weighted by molar-refractivity contribution is 5.97. The maximum Gasteiger partial charge on any atom is 0.224 e. The minimum Gasteiger partial charge on any atom is -0.436 e. The molecule has 0 radical (unpaired) electrons. The molecular formula is C18H24N4O. The van der Waals surface area contributed by atoms with Gasteiger partial charge in [-0.15, -0.1) is 0 Å². The molecular weight excluding hydrogens is 288 g/mol. The second kappa shape index (κ2) is 5.74. The van der Waals surface area contributed by atoms with Crippen molar-refractivity contribution in [3.63, 3.8) is 0 Å². The van der Waals surface area contributed by atoms with Gasteiger partial charge in [0.05, 0.1) is 5.69 Å². The molecule has 3 rings (SSSR count). The molecule has 1 aliphatic rings. The van der Waals surface area contributed by atoms with Gasteiger partial charge in [0.15, 0.2) is 5.58 Å². The Labute approximate surface area is 137 Å². The molecule has 2 aromatic rings. The molecule has 0 unspecified atom stereocenters. The number of hydrogen-bond acceptors (Lipinski definition) is 5. The summed E-state index contributed by atoms with van der Waals surface area (Å²) < 4.78 is 6.15. The van der Waals surface area contributed by atoms with Crippen molar-refractivity contribution in [1.82, 2.24) is 4.90 Å². The van der Waals surface area contributed by atoms with Gasteiger partial charge in [-0.1, -0.05) is 12.1 Å². The largest absolute Gasteiger partial charge is 0.436 e. The summed E-state index contributed by atoms with van der Waals surface area (Å²) in [6.07, 6.45) is 4.40. The third-order valence-electron chi connectivity index (χ3n) is 4.36. The van der Waals surface area contributed by atoms with Gasteiger partial charge in [-0.05, 0) is 33.3 Å². The first-order valence-corrected chi connectivity index (χ1v) is 7.89. The van der Waals surface area contributed by atoms with Crippen LogP contribution in [-0.2, 0) is 6.54 Å². The number of aliphatic imine (C=N–C) groups is 1. The molecule has 122 valence electrons. The van der Waals surface area contributed by atoms with Crippen molar-refractivity contribution >= 4 is 28.3 Å². The van der Waals surface area contributed by atoms with Crippen molar-refractivity contribution in [3.8, 4) is 0 Å². The molecule has 2 N–H and O–H groups in total. The van der Waals surface area contributed by atoms with Crippen molar-refractivity contribution in [2.45, 2.75) is 40.4 Å². The summed E-state index contributed by atoms with van der Waals surface area (Å²) in [7, 11) is 2.07. The monoisotopic (exact) mass is 312 g/mol. The van der Waals surface area contributed by atoms with E-state index in [-0.39, 0.29) is 6.17 Å². The van der Waals surface area contributed by atoms with E-state index in [2.05, 4.69) is 60.2 Å². The minimum atomic E-state index is 0.241. The topological polar surface area (TPSA) is 58.0 Å². The number of nitrogens with two attached hydrogens (primary N) is 1. The number of benzene rings is 1. The Bertz CT molecular complexity index is 799. The van der Waals surface area contributed by atoms with E-state index in [1.165, 1.54) is 5.56 Å². The van der Waals surface area contributed by atoms with Crippen molar-refractivity contribution in [2.24, 2.45) is 10.7 Å². The summed E-state index contributed by atoms with van der Waals surface area (Å²) in [6.45, 7) is 8.60. The van der Waals surface area contributed by atoms with Crippen molar-refractivity contribution < 1.29 is 4.42 Å². The van der Waals surface area contributed by atoms with E-state index in [1.54, 1.807) is 0 Å². The molecule has 2 heterocycles. The van der Waals surface area contributed by atoms with E-state index < -0.39 is 0 Å². The van der Waals surface area contributed by atoms with Crippen LogP contribution >= 0.6 is 0 Å². The molecule has 0 fully saturated rings. The van der Waals surface area contributed by atoms with Gasteiger partial charge in [-0.2, -0.15) is 0 Å². The van der Waals surface area contributed by atoms with Gasteiger partial charge in [0.25, 0.3) is 0 Å². The van der Waals surface area contributed by atoms with Gasteiger partial charge in [0, 0.05) is 42.7 Å². The van der Waals surface area contributed by atoms with Crippen LogP contribution in [0.5, 0.6) is 0 Å². The van der Waals surface area contributed by atoms with Gasteiger partial charge in [-0.3, -0.25) is 0 Å². The van der Waals surface area contributed by atoms with E-state index in [9.17, 15) is 0 Å². The fourth-order valence-corrected chi connectivity index (χ4v) is 2.98. The van der Waals surface area contributed by atoms with E-state index in [4.69, 9.17) is 10.2 Å². The Hall–Kier alpha value is -2.27. The lowest BCUT2D eigenvalue weighted by Gasteiger charge is -2.28. The van der Waals surface area contributed by atoms with E-state index in [1.807, 2.05) is 13.8 Å². The Balaban J connectivity index is 2.26. The number of furan rings is 1. The quantitative estimate of drug-likeness (QED) is 0.874. The SMILES string of the molecule is CC(C)=Nc1oc2c(N3C=CN(C)[C@@H]3C)c(C)ccc2c1CN. The zero-order valence-corrected chi connectivity index (χ0v) is 14.4. The molecule has 1 atom stereocenters. The standard InChI is InChI=1S/C18H24N4O/c1-11(2)20-18-15(10-19)14-7-6-12(3)16(17(14)23-18)22-9-8-21(5)13(22)4/h6-9,13H,10,19H2,1-5H3/t13-/m0/s1. The van der Waals surface area contributed by atoms with Crippen LogP contribution in [0, 0.1) is 6.92 Å². The van der Waals surface area contributed by atoms with Gasteiger partial charge >= 0.3 is 0 Å². The maximum atomic E-state index is 6.15. The molecule has 0 saturated heterocycles. The first-order valence-electron chi connectivity index (χ1n) is 7.89. The fourth-order valence-electron chi connectivity index (χ4n) is 2.98. The molecule has 1 aromatic carbocycles. The van der Waals surface area contributed by atoms with Crippen LogP contribution < -0.4 is 10.6 Å². The second-order valence-electron chi connectivity index (χ2n) is 6.26. The number of fused-ring (bicyclic) bond motifs is 1. The van der Waals surface area contributed by atoms with Crippen LogP contribution in [0.3, 0.4) is 0 Å². The second-order valence-corrected chi connectivity index (χ2v) is 6.26. The van der Waals surface area contributed by atoms with Crippen LogP contribution in [-0.4, -0.2) is 23.8 Å². The van der Waals surface area contributed by atoms with Crippen LogP contribution in [0.15, 0.2) is 33.9 Å². The van der Waals surface area contributed by atoms with E-state index in [0.717, 1.165) is 27.9 Å². The fraction of sp³-hybridized carbons (Fsp3) is 0.389. The number of anilines is 1. The number of rotatable bonds is 3. The highest BCUT2D eigenvalue weighted by Gasteiger charge is 2.26. The maximum absolute atomic E-state index is 6.15. The lowest BCUT2D eigenvalue weighted by Crippen LogP contribution is -2.33. The lowest BCUT2D eigenvalue weighted by molar-refractivity contribution is 0.382. The van der Waals surface area contributed by atoms with E-state index >= 15 is 0 Å². The van der Waals surface area contributed by atoms with Gasteiger partial charge in [-0.25, -0.2) is 4.99 Å². The summed E-state index contributed by atoms with van der Waals surface area (Å²) >= 11 is 0. The summed E-state index contributed by atoms with van der Waals surface area (Å²) in [5.74, 6) is 0.624. The van der Waals surface area contributed by atoms with Crippen LogP contribution in [0.25, 0.3) is 11.0 Å². The summed E-state index contributed by atoms with van der Waals surface area (Å²) in [5.41, 5.74) is 11.0. The average Bonchev–Trinajstić information content (AvgIpc) is 3.00. The van der Waals surface area contributed by atoms with Crippen molar-refractivity contribution in [2.75, 3.05) is 11.9 Å². The smallest absolute Gasteiger partial charge is 0.224 e. The predicted molar refractivity (Wildman–Crippen MR) is 96.1 cm³/mol. The zero-order chi connectivity index (χ0) is 16.7. The first kappa shape index (κ1) is 15.6. The third-order valence-corrected chi connectivity index (χ3v) is 4.36. The molecule has 5 heteroatoms. The van der Waals surface area contributed by atoms with Crippen LogP contribution in [0.4, 0.5) is 11.6 Å². The van der Waals surface area contributed by atoms with Gasteiger partial charge < -0.3 is 20.0 Å². The Morgan fingerprint density at radius 1 is 1.30 bits per heavy atom. The first-order chi connectivity index (χ1) is 10.9. The highest BCUT2D eigenvalue weighted by atomic mass is 16.3. The normalized spacial score (nSPS) is 17.4. The van der Waals surface area contributed by atoms with Crippen LogP contribution in [0.1, 0.15) is 31.9 Å². The average molecular weight is 312 g/mol. The third kappa shape index (κ3) is 2.51. The molecule has 0 amide bonds. The molecule has 5 nitrogen and oxygen atoms in total. The molecule has 0 aliphatic carbocycles. The number of nitrogens with zero attached hydrogens (tertiary/aromatic N) is 3. The molecule has 0 spiro atoms. The van der Waals surface area contributed by atoms with Crippen molar-refractivity contribution in [1.29, 1.82) is 0 Å². The molecule has 0 bridgehead atoms. The van der Waals surface area contributed by atoms with Gasteiger partial charge in [0.1, 0.15) is 6.17 Å². The molecule has 1 aliphatic heterocycles. The molecule has 1 aromatic heterocycles. The Morgan fingerprint density at radius 2 is 2.04 bits per heavy atom. The zero-order valence-electron chi connectivity index (χ0n) is 14.4. The Morgan fingerprint density at radius 3 is 2.61 bits per heavy atom. The van der Waals surface area contributed by atoms with Gasteiger partial charge in [0.2, 0.25) is 5.88 Å². The number of aryl methyl sites for hydroxylation is 1. The van der Waals surface area contributed by atoms with Crippen molar-refractivity contribution in [3.05, 3.63) is 35.7 Å². The minimum absolute atomic E-state index is 0.241. The van der Waals surface area contributed by atoms with Crippen LogP contribution in [0.2, 0.25) is 0 Å². The highest BCUT2D eigenvalue weighted by Crippen LogP contribution is 2.41. The van der Waals surface area contributed by atoms with E-state index in [0.29, 0.717) is 12.4 Å². The number of hydrogen-bond donors (Lipinski definition) is 1. The summed E-state index contributed by atoms with van der Waals surface area (Å²) in [6, 6.07) is 4.20.